The third-order valence-corrected chi connectivity index (χ3v) is 3.12. The van der Waals surface area contributed by atoms with E-state index in [-0.39, 0.29) is 0 Å². The zero-order valence-corrected chi connectivity index (χ0v) is 10.8. The molecule has 1 aromatic heterocycles. The molecule has 1 aromatic carbocycles. The molecule has 0 aliphatic rings. The molecule has 0 saturated heterocycles. The summed E-state index contributed by atoms with van der Waals surface area (Å²) in [7, 11) is 0. The highest BCUT2D eigenvalue weighted by Gasteiger charge is 1.96. The van der Waals surface area contributed by atoms with Crippen molar-refractivity contribution in [2.75, 3.05) is 18.5 Å². The fourth-order valence-corrected chi connectivity index (χ4v) is 2.11. The van der Waals surface area contributed by atoms with Gasteiger partial charge in [-0.3, -0.25) is 5.10 Å². The number of nitrogens with one attached hydrogen (secondary N) is 2. The van der Waals surface area contributed by atoms with Gasteiger partial charge in [0.1, 0.15) is 0 Å². The van der Waals surface area contributed by atoms with Crippen molar-refractivity contribution < 1.29 is 4.74 Å². The lowest BCUT2D eigenvalue weighted by molar-refractivity contribution is 0.130. The van der Waals surface area contributed by atoms with Gasteiger partial charge in [0.2, 0.25) is 5.13 Å². The van der Waals surface area contributed by atoms with Crippen LogP contribution in [0.3, 0.4) is 0 Å². The molecule has 2 rings (SSSR count). The molecule has 0 spiro atoms. The SMILES string of the molecule is S=c1[nH]nc(NCCOCc2ccccc2)s1. The topological polar surface area (TPSA) is 49.9 Å². The number of rotatable bonds is 6. The molecule has 2 aromatic rings. The molecule has 0 fully saturated rings. The van der Waals surface area contributed by atoms with Crippen LogP contribution >= 0.6 is 23.6 Å². The van der Waals surface area contributed by atoms with Gasteiger partial charge in [-0.1, -0.05) is 41.7 Å². The van der Waals surface area contributed by atoms with E-state index in [0.717, 1.165) is 11.7 Å². The van der Waals surface area contributed by atoms with Crippen molar-refractivity contribution >= 4 is 28.7 Å². The molecule has 0 aliphatic carbocycles. The van der Waals surface area contributed by atoms with Gasteiger partial charge in [-0.2, -0.15) is 0 Å². The smallest absolute Gasteiger partial charge is 0.204 e. The Morgan fingerprint density at radius 1 is 1.35 bits per heavy atom. The number of anilines is 1. The van der Waals surface area contributed by atoms with E-state index < -0.39 is 0 Å². The first-order valence-electron chi connectivity index (χ1n) is 5.25. The fraction of sp³-hybridized carbons (Fsp3) is 0.273. The lowest BCUT2D eigenvalue weighted by Gasteiger charge is -2.04. The summed E-state index contributed by atoms with van der Waals surface area (Å²) in [4.78, 5) is 0. The molecule has 2 N–H and O–H groups in total. The molecule has 0 amide bonds. The summed E-state index contributed by atoms with van der Waals surface area (Å²) in [6, 6.07) is 10.1. The molecule has 0 aliphatic heterocycles. The Bertz CT molecular complexity index is 495. The zero-order valence-electron chi connectivity index (χ0n) is 9.18. The molecule has 0 atom stereocenters. The number of hydrogen-bond acceptors (Lipinski definition) is 5. The number of benzene rings is 1. The number of ether oxygens (including phenoxy) is 1. The summed E-state index contributed by atoms with van der Waals surface area (Å²) in [5.74, 6) is 0. The van der Waals surface area contributed by atoms with Crippen LogP contribution in [0.2, 0.25) is 0 Å². The highest BCUT2D eigenvalue weighted by molar-refractivity contribution is 7.73. The van der Waals surface area contributed by atoms with Crippen molar-refractivity contribution in [3.05, 3.63) is 39.8 Å². The minimum atomic E-state index is 0.638. The van der Waals surface area contributed by atoms with Gasteiger partial charge >= 0.3 is 0 Å². The Labute approximate surface area is 109 Å². The Hall–Kier alpha value is -1.24. The summed E-state index contributed by atoms with van der Waals surface area (Å²) in [6.45, 7) is 2.00. The van der Waals surface area contributed by atoms with E-state index >= 15 is 0 Å². The van der Waals surface area contributed by atoms with Crippen LogP contribution < -0.4 is 5.32 Å². The van der Waals surface area contributed by atoms with Gasteiger partial charge in [-0.15, -0.1) is 5.10 Å². The Balaban J connectivity index is 1.62. The summed E-state index contributed by atoms with van der Waals surface area (Å²) in [6.07, 6.45) is 0. The number of aromatic amines is 1. The normalized spacial score (nSPS) is 10.4. The zero-order chi connectivity index (χ0) is 11.9. The highest BCUT2D eigenvalue weighted by Crippen LogP contribution is 2.09. The van der Waals surface area contributed by atoms with Gasteiger partial charge in [0.15, 0.2) is 3.95 Å². The molecule has 4 nitrogen and oxygen atoms in total. The molecule has 6 heteroatoms. The summed E-state index contributed by atoms with van der Waals surface area (Å²) >= 11 is 6.35. The van der Waals surface area contributed by atoms with Crippen molar-refractivity contribution in [3.8, 4) is 0 Å². The van der Waals surface area contributed by atoms with Crippen LogP contribution in [0, 0.1) is 3.95 Å². The second-order valence-corrected chi connectivity index (χ2v) is 5.05. The Kier molecular flexibility index (Phi) is 4.66. The van der Waals surface area contributed by atoms with E-state index in [0.29, 0.717) is 17.2 Å². The lowest BCUT2D eigenvalue weighted by atomic mass is 10.2. The predicted molar refractivity (Wildman–Crippen MR) is 71.9 cm³/mol. The van der Waals surface area contributed by atoms with Crippen LogP contribution in [0.1, 0.15) is 5.56 Å². The van der Waals surface area contributed by atoms with Crippen LogP contribution in [0.4, 0.5) is 5.13 Å². The van der Waals surface area contributed by atoms with Gasteiger partial charge in [0, 0.05) is 6.54 Å². The molecule has 0 bridgehead atoms. The van der Waals surface area contributed by atoms with Gasteiger partial charge in [0.25, 0.3) is 0 Å². The molecular formula is C11H13N3OS2. The number of hydrogen-bond donors (Lipinski definition) is 2. The van der Waals surface area contributed by atoms with Gasteiger partial charge in [-0.25, -0.2) is 0 Å². The molecule has 0 unspecified atom stereocenters. The van der Waals surface area contributed by atoms with E-state index in [1.807, 2.05) is 30.3 Å². The van der Waals surface area contributed by atoms with Crippen LogP contribution in [-0.2, 0) is 11.3 Å². The van der Waals surface area contributed by atoms with Crippen LogP contribution in [0.5, 0.6) is 0 Å². The van der Waals surface area contributed by atoms with Crippen LogP contribution in [0.25, 0.3) is 0 Å². The second-order valence-electron chi connectivity index (χ2n) is 3.38. The first kappa shape index (κ1) is 12.2. The van der Waals surface area contributed by atoms with Gasteiger partial charge in [-0.05, 0) is 17.8 Å². The first-order chi connectivity index (χ1) is 8.34. The largest absolute Gasteiger partial charge is 0.375 e. The number of aromatic nitrogens is 2. The number of nitrogens with zero attached hydrogens (tertiary/aromatic N) is 1. The molecule has 0 radical (unpaired) electrons. The average molecular weight is 267 g/mol. The van der Waals surface area contributed by atoms with E-state index in [4.69, 9.17) is 17.0 Å². The maximum atomic E-state index is 5.53. The second kappa shape index (κ2) is 6.48. The third kappa shape index (κ3) is 4.26. The minimum Gasteiger partial charge on any atom is -0.375 e. The fourth-order valence-electron chi connectivity index (χ4n) is 1.30. The quantitative estimate of drug-likeness (QED) is 0.624. The summed E-state index contributed by atoms with van der Waals surface area (Å²) < 4.78 is 6.20. The molecule has 1 heterocycles. The van der Waals surface area contributed by atoms with Gasteiger partial charge in [0.05, 0.1) is 13.2 Å². The Morgan fingerprint density at radius 2 is 2.18 bits per heavy atom. The van der Waals surface area contributed by atoms with Crippen molar-refractivity contribution in [2.45, 2.75) is 6.61 Å². The monoisotopic (exact) mass is 267 g/mol. The van der Waals surface area contributed by atoms with Crippen LogP contribution in [-0.4, -0.2) is 23.3 Å². The highest BCUT2D eigenvalue weighted by atomic mass is 32.1. The van der Waals surface area contributed by atoms with E-state index in [1.54, 1.807) is 0 Å². The van der Waals surface area contributed by atoms with Crippen molar-refractivity contribution in [1.82, 2.24) is 10.2 Å². The summed E-state index contributed by atoms with van der Waals surface area (Å²) in [5.41, 5.74) is 1.18. The molecule has 0 saturated carbocycles. The predicted octanol–water partition coefficient (Wildman–Crippen LogP) is 2.83. The van der Waals surface area contributed by atoms with Crippen molar-refractivity contribution in [2.24, 2.45) is 0 Å². The molecule has 17 heavy (non-hydrogen) atoms. The van der Waals surface area contributed by atoms with Crippen LogP contribution in [0.15, 0.2) is 30.3 Å². The van der Waals surface area contributed by atoms with Gasteiger partial charge < -0.3 is 10.1 Å². The average Bonchev–Trinajstić information content (AvgIpc) is 2.76. The molecular weight excluding hydrogens is 254 g/mol. The van der Waals surface area contributed by atoms with E-state index in [2.05, 4.69) is 15.5 Å². The first-order valence-corrected chi connectivity index (χ1v) is 6.48. The molecule has 90 valence electrons. The minimum absolute atomic E-state index is 0.638. The Morgan fingerprint density at radius 3 is 2.88 bits per heavy atom. The third-order valence-electron chi connectivity index (χ3n) is 2.07. The summed E-state index contributed by atoms with van der Waals surface area (Å²) in [5, 5.41) is 10.6. The van der Waals surface area contributed by atoms with Crippen molar-refractivity contribution in [1.29, 1.82) is 0 Å². The van der Waals surface area contributed by atoms with E-state index in [9.17, 15) is 0 Å². The maximum Gasteiger partial charge on any atom is 0.204 e. The van der Waals surface area contributed by atoms with E-state index in [1.165, 1.54) is 16.9 Å². The lowest BCUT2D eigenvalue weighted by Crippen LogP contribution is -2.09. The number of H-pyrrole nitrogens is 1. The standard InChI is InChI=1S/C11H13N3OS2/c16-11-14-13-10(17-11)12-6-7-15-8-9-4-2-1-3-5-9/h1-5H,6-8H2,(H,12,13)(H,14,16). The van der Waals surface area contributed by atoms with Crippen molar-refractivity contribution in [3.63, 3.8) is 0 Å². The maximum absolute atomic E-state index is 5.53.